The second-order valence-corrected chi connectivity index (χ2v) is 9.90. The van der Waals surface area contributed by atoms with Crippen molar-refractivity contribution in [2.45, 2.75) is 69.4 Å². The molecule has 4 rings (SSSR count). The van der Waals surface area contributed by atoms with Gasteiger partial charge in [-0.1, -0.05) is 43.3 Å². The number of benzene rings is 1. The van der Waals surface area contributed by atoms with E-state index < -0.39 is 53.6 Å². The van der Waals surface area contributed by atoms with E-state index in [1.165, 1.54) is 4.90 Å². The molecule has 1 aromatic carbocycles. The Hall–Kier alpha value is -2.71. The first kappa shape index (κ1) is 24.4. The van der Waals surface area contributed by atoms with Crippen molar-refractivity contribution in [1.82, 2.24) is 9.80 Å². The van der Waals surface area contributed by atoms with E-state index in [1.54, 1.807) is 35.2 Å². The number of carbonyl (C=O) groups is 3. The van der Waals surface area contributed by atoms with E-state index >= 15 is 0 Å². The molecule has 2 N–H and O–H groups in total. The molecule has 2 amide bonds. The van der Waals surface area contributed by atoms with E-state index in [0.717, 1.165) is 0 Å². The number of aliphatic hydroxyl groups excluding tert-OH is 1. The average Bonchev–Trinajstić information content (AvgIpc) is 3.42. The fourth-order valence-electron chi connectivity index (χ4n) is 6.53. The van der Waals surface area contributed by atoms with Crippen LogP contribution >= 0.6 is 0 Å². The van der Waals surface area contributed by atoms with E-state index in [2.05, 4.69) is 6.58 Å². The molecule has 3 saturated heterocycles. The summed E-state index contributed by atoms with van der Waals surface area (Å²) in [5.41, 5.74) is -1.54. The maximum Gasteiger partial charge on any atom is 0.310 e. The van der Waals surface area contributed by atoms with E-state index in [4.69, 9.17) is 4.74 Å². The minimum atomic E-state index is -1.25. The Labute approximate surface area is 200 Å². The Kier molecular flexibility index (Phi) is 6.33. The third-order valence-corrected chi connectivity index (χ3v) is 8.04. The second-order valence-electron chi connectivity index (χ2n) is 9.90. The molecule has 184 valence electrons. The summed E-state index contributed by atoms with van der Waals surface area (Å²) >= 11 is 0. The van der Waals surface area contributed by atoms with Crippen LogP contribution in [0, 0.1) is 11.8 Å². The number of carboxylic acids is 1. The normalized spacial score (nSPS) is 32.7. The van der Waals surface area contributed by atoms with Crippen LogP contribution in [0.15, 0.2) is 43.0 Å². The molecule has 3 aliphatic rings. The highest BCUT2D eigenvalue weighted by Gasteiger charge is 2.79. The maximum absolute atomic E-state index is 14.2. The van der Waals surface area contributed by atoms with Crippen LogP contribution in [-0.4, -0.2) is 74.2 Å². The first-order valence-corrected chi connectivity index (χ1v) is 12.0. The summed E-state index contributed by atoms with van der Waals surface area (Å²) in [5, 5.41) is 20.6. The van der Waals surface area contributed by atoms with Gasteiger partial charge in [0.15, 0.2) is 0 Å². The van der Waals surface area contributed by atoms with Gasteiger partial charge in [-0.05, 0) is 38.7 Å². The Morgan fingerprint density at radius 1 is 1.29 bits per heavy atom. The lowest BCUT2D eigenvalue weighted by Crippen LogP contribution is -2.58. The molecule has 8 nitrogen and oxygen atoms in total. The number of likely N-dealkylation sites (tertiary alicyclic amines) is 1. The van der Waals surface area contributed by atoms with Gasteiger partial charge in [-0.15, -0.1) is 6.58 Å². The van der Waals surface area contributed by atoms with Gasteiger partial charge in [0.2, 0.25) is 11.8 Å². The van der Waals surface area contributed by atoms with E-state index in [-0.39, 0.29) is 18.5 Å². The number of nitrogens with zero attached hydrogens (tertiary/aromatic N) is 2. The van der Waals surface area contributed by atoms with Crippen molar-refractivity contribution >= 4 is 17.8 Å². The lowest BCUT2D eigenvalue weighted by atomic mass is 9.65. The fraction of sp³-hybridized carbons (Fsp3) is 0.577. The van der Waals surface area contributed by atoms with Crippen molar-refractivity contribution < 1.29 is 29.3 Å². The Morgan fingerprint density at radius 2 is 1.97 bits per heavy atom. The third-order valence-electron chi connectivity index (χ3n) is 8.04. The summed E-state index contributed by atoms with van der Waals surface area (Å²) in [6.07, 6.45) is 2.97. The van der Waals surface area contributed by atoms with Crippen LogP contribution in [0.5, 0.6) is 0 Å². The van der Waals surface area contributed by atoms with E-state index in [1.807, 2.05) is 26.8 Å². The molecule has 6 atom stereocenters. The predicted molar refractivity (Wildman–Crippen MR) is 125 cm³/mol. The summed E-state index contributed by atoms with van der Waals surface area (Å²) in [7, 11) is 0. The fourth-order valence-corrected chi connectivity index (χ4v) is 6.53. The molecule has 0 aromatic heterocycles. The maximum atomic E-state index is 14.2. The third kappa shape index (κ3) is 3.30. The van der Waals surface area contributed by atoms with Gasteiger partial charge in [0.1, 0.15) is 17.6 Å². The average molecular weight is 471 g/mol. The molecule has 2 bridgehead atoms. The highest BCUT2D eigenvalue weighted by atomic mass is 16.5. The first-order chi connectivity index (χ1) is 16.2. The van der Waals surface area contributed by atoms with Crippen LogP contribution in [0.25, 0.3) is 0 Å². The van der Waals surface area contributed by atoms with Gasteiger partial charge < -0.3 is 24.7 Å². The van der Waals surface area contributed by atoms with Crippen LogP contribution in [0.3, 0.4) is 0 Å². The molecule has 34 heavy (non-hydrogen) atoms. The molecular formula is C26H34N2O6. The standard InChI is InChI=1S/C26H34N2O6/c1-5-14-27(16(3)4)23(31)21-26-13-12-25(6-2,34-26)20(24(32)33)19(26)22(30)28(21)18(15-29)17-10-8-7-9-11-17/h5,7-11,16,18-21,29H,1,6,12-15H2,2-4H3,(H,32,33)/t18-,19+,20+,21?,25-,26?/m1/s1. The highest BCUT2D eigenvalue weighted by molar-refractivity contribution is 5.98. The first-order valence-electron chi connectivity index (χ1n) is 12.0. The van der Waals surface area contributed by atoms with Crippen molar-refractivity contribution in [2.75, 3.05) is 13.2 Å². The topological polar surface area (TPSA) is 107 Å². The van der Waals surface area contributed by atoms with E-state index in [0.29, 0.717) is 24.8 Å². The quantitative estimate of drug-likeness (QED) is 0.537. The molecule has 2 unspecified atom stereocenters. The van der Waals surface area contributed by atoms with Gasteiger partial charge in [0.25, 0.3) is 0 Å². The van der Waals surface area contributed by atoms with Crippen LogP contribution in [-0.2, 0) is 19.1 Å². The highest BCUT2D eigenvalue weighted by Crippen LogP contribution is 2.65. The number of amides is 2. The van der Waals surface area contributed by atoms with Crippen molar-refractivity contribution in [1.29, 1.82) is 0 Å². The number of rotatable bonds is 9. The number of carbonyl (C=O) groups excluding carboxylic acids is 2. The molecule has 3 aliphatic heterocycles. The number of ether oxygens (including phenoxy) is 1. The van der Waals surface area contributed by atoms with Crippen molar-refractivity contribution in [2.24, 2.45) is 11.8 Å². The van der Waals surface area contributed by atoms with Crippen molar-refractivity contribution in [3.8, 4) is 0 Å². The largest absolute Gasteiger partial charge is 0.481 e. The van der Waals surface area contributed by atoms with Gasteiger partial charge in [0.05, 0.1) is 24.2 Å². The number of fused-ring (bicyclic) bond motifs is 1. The van der Waals surface area contributed by atoms with Gasteiger partial charge >= 0.3 is 5.97 Å². The SMILES string of the molecule is C=CCN(C(=O)C1N([C@H](CO)c2ccccc2)C(=O)[C@@H]2[C@@H](C(=O)O)[C@@]3(CC)CCC12O3)C(C)C. The molecule has 3 heterocycles. The smallest absolute Gasteiger partial charge is 0.310 e. The van der Waals surface area contributed by atoms with Gasteiger partial charge in [0, 0.05) is 12.6 Å². The summed E-state index contributed by atoms with van der Waals surface area (Å²) in [4.78, 5) is 43.7. The summed E-state index contributed by atoms with van der Waals surface area (Å²) in [5.74, 6) is -3.85. The van der Waals surface area contributed by atoms with Crippen molar-refractivity contribution in [3.05, 3.63) is 48.6 Å². The minimum Gasteiger partial charge on any atom is -0.481 e. The Bertz CT molecular complexity index is 981. The molecule has 0 aliphatic carbocycles. The number of carboxylic acid groups (broad SMARTS) is 1. The number of aliphatic carboxylic acids is 1. The lowest BCUT2D eigenvalue weighted by Gasteiger charge is -2.40. The molecule has 8 heteroatoms. The minimum absolute atomic E-state index is 0.170. The van der Waals surface area contributed by atoms with Crippen LogP contribution in [0.4, 0.5) is 0 Å². The van der Waals surface area contributed by atoms with E-state index in [9.17, 15) is 24.6 Å². The summed E-state index contributed by atoms with van der Waals surface area (Å²) in [6.45, 7) is 9.30. The predicted octanol–water partition coefficient (Wildman–Crippen LogP) is 2.38. The summed E-state index contributed by atoms with van der Waals surface area (Å²) in [6, 6.07) is 7.04. The summed E-state index contributed by atoms with van der Waals surface area (Å²) < 4.78 is 6.57. The number of hydrogen-bond acceptors (Lipinski definition) is 5. The van der Waals surface area contributed by atoms with Gasteiger partial charge in [-0.25, -0.2) is 0 Å². The molecule has 0 saturated carbocycles. The second kappa shape index (κ2) is 8.82. The zero-order chi connectivity index (χ0) is 24.8. The molecule has 1 spiro atoms. The monoisotopic (exact) mass is 470 g/mol. The van der Waals surface area contributed by atoms with Crippen LogP contribution < -0.4 is 0 Å². The number of hydrogen-bond donors (Lipinski definition) is 2. The Balaban J connectivity index is 1.89. The lowest BCUT2D eigenvalue weighted by molar-refractivity contribution is -0.160. The van der Waals surface area contributed by atoms with Crippen LogP contribution in [0.2, 0.25) is 0 Å². The van der Waals surface area contributed by atoms with Crippen LogP contribution in [0.1, 0.15) is 51.6 Å². The molecule has 0 radical (unpaired) electrons. The van der Waals surface area contributed by atoms with Gasteiger partial charge in [-0.2, -0.15) is 0 Å². The molecule has 1 aromatic rings. The zero-order valence-corrected chi connectivity index (χ0v) is 20.0. The molecular weight excluding hydrogens is 436 g/mol. The van der Waals surface area contributed by atoms with Gasteiger partial charge in [-0.3, -0.25) is 14.4 Å². The molecule has 3 fully saturated rings. The van der Waals surface area contributed by atoms with Crippen molar-refractivity contribution in [3.63, 3.8) is 0 Å². The zero-order valence-electron chi connectivity index (χ0n) is 20.0. The Morgan fingerprint density at radius 3 is 2.50 bits per heavy atom. The number of aliphatic hydroxyl groups is 1.